The maximum atomic E-state index is 4.85. The Bertz CT molecular complexity index is 878. The van der Waals surface area contributed by atoms with Gasteiger partial charge in [-0.25, -0.2) is 0 Å². The van der Waals surface area contributed by atoms with Gasteiger partial charge >= 0.3 is 0 Å². The van der Waals surface area contributed by atoms with E-state index in [2.05, 4.69) is 76.8 Å². The molecule has 0 N–H and O–H groups in total. The lowest BCUT2D eigenvalue weighted by Gasteiger charge is -2.07. The molecule has 0 saturated heterocycles. The molecule has 0 saturated carbocycles. The van der Waals surface area contributed by atoms with Gasteiger partial charge in [-0.1, -0.05) is 66.7 Å². The molecular formula is C20H16N2S. The maximum Gasteiger partial charge on any atom is 0.103 e. The summed E-state index contributed by atoms with van der Waals surface area (Å²) in [7, 11) is 0. The highest BCUT2D eigenvalue weighted by molar-refractivity contribution is 7.13. The minimum absolute atomic E-state index is 0.774. The molecule has 0 unspecified atom stereocenters. The van der Waals surface area contributed by atoms with Crippen molar-refractivity contribution >= 4 is 11.3 Å². The molecule has 23 heavy (non-hydrogen) atoms. The summed E-state index contributed by atoms with van der Waals surface area (Å²) < 4.78 is 2.10. The lowest BCUT2D eigenvalue weighted by Crippen LogP contribution is -2.03. The summed E-state index contributed by atoms with van der Waals surface area (Å²) in [5.74, 6) is 0. The minimum atomic E-state index is 0.774. The number of benzene rings is 2. The van der Waals surface area contributed by atoms with Crippen LogP contribution in [0.3, 0.4) is 0 Å². The van der Waals surface area contributed by atoms with Gasteiger partial charge in [-0.15, -0.1) is 11.3 Å². The number of nitrogens with zero attached hydrogens (tertiary/aromatic N) is 2. The third-order valence-electron chi connectivity index (χ3n) is 3.80. The van der Waals surface area contributed by atoms with E-state index in [0.29, 0.717) is 0 Å². The van der Waals surface area contributed by atoms with Gasteiger partial charge in [0.05, 0.1) is 17.1 Å². The van der Waals surface area contributed by atoms with Gasteiger partial charge in [0.1, 0.15) is 5.69 Å². The van der Waals surface area contributed by atoms with E-state index in [-0.39, 0.29) is 0 Å². The van der Waals surface area contributed by atoms with Crippen molar-refractivity contribution in [2.75, 3.05) is 0 Å². The van der Waals surface area contributed by atoms with Crippen molar-refractivity contribution in [1.82, 2.24) is 9.78 Å². The highest BCUT2D eigenvalue weighted by atomic mass is 32.1. The summed E-state index contributed by atoms with van der Waals surface area (Å²) in [4.78, 5) is 1.20. The summed E-state index contributed by atoms with van der Waals surface area (Å²) >= 11 is 1.72. The molecule has 0 bridgehead atoms. The Kier molecular flexibility index (Phi) is 3.78. The molecule has 3 heteroatoms. The van der Waals surface area contributed by atoms with Gasteiger partial charge < -0.3 is 0 Å². The SMILES string of the molecule is c1ccc(Cn2nc(-c3cccs3)cc2-c2ccccc2)cc1. The molecule has 0 aliphatic carbocycles. The van der Waals surface area contributed by atoms with Crippen LogP contribution >= 0.6 is 11.3 Å². The van der Waals surface area contributed by atoms with Crippen molar-refractivity contribution in [3.8, 4) is 21.8 Å². The molecule has 0 aliphatic heterocycles. The summed E-state index contributed by atoms with van der Waals surface area (Å²) in [5.41, 5.74) is 4.64. The summed E-state index contributed by atoms with van der Waals surface area (Å²) in [5, 5.41) is 6.94. The second-order valence-electron chi connectivity index (χ2n) is 5.40. The Balaban J connectivity index is 1.79. The normalized spacial score (nSPS) is 10.8. The van der Waals surface area contributed by atoms with Gasteiger partial charge in [0.2, 0.25) is 0 Å². The van der Waals surface area contributed by atoms with Crippen LogP contribution in [0.5, 0.6) is 0 Å². The smallest absolute Gasteiger partial charge is 0.103 e. The van der Waals surface area contributed by atoms with Crippen LogP contribution < -0.4 is 0 Å². The van der Waals surface area contributed by atoms with Gasteiger partial charge in [-0.05, 0) is 28.6 Å². The monoisotopic (exact) mass is 316 g/mol. The second-order valence-corrected chi connectivity index (χ2v) is 6.35. The second kappa shape index (κ2) is 6.23. The molecule has 2 aromatic carbocycles. The van der Waals surface area contributed by atoms with Gasteiger partial charge in [-0.3, -0.25) is 4.68 Å². The van der Waals surface area contributed by atoms with Gasteiger partial charge in [-0.2, -0.15) is 5.10 Å². The standard InChI is InChI=1S/C20H16N2S/c1-3-8-16(9-4-1)15-22-19(17-10-5-2-6-11-17)14-18(21-22)20-12-7-13-23-20/h1-14H,15H2. The molecule has 0 atom stereocenters. The fraction of sp³-hybridized carbons (Fsp3) is 0.0500. The third kappa shape index (κ3) is 2.96. The summed E-state index contributed by atoms with van der Waals surface area (Å²) in [6, 6.07) is 27.3. The predicted molar refractivity (Wildman–Crippen MR) is 96.5 cm³/mol. The van der Waals surface area contributed by atoms with Crippen molar-refractivity contribution < 1.29 is 0 Å². The predicted octanol–water partition coefficient (Wildman–Crippen LogP) is 5.33. The Morgan fingerprint density at radius 1 is 0.826 bits per heavy atom. The number of thiophene rings is 1. The van der Waals surface area contributed by atoms with Crippen molar-refractivity contribution in [1.29, 1.82) is 0 Å². The first-order chi connectivity index (χ1) is 11.4. The van der Waals surface area contributed by atoms with E-state index >= 15 is 0 Å². The quantitative estimate of drug-likeness (QED) is 0.498. The third-order valence-corrected chi connectivity index (χ3v) is 4.69. The number of aromatic nitrogens is 2. The zero-order chi connectivity index (χ0) is 15.5. The topological polar surface area (TPSA) is 17.8 Å². The maximum absolute atomic E-state index is 4.85. The molecule has 0 spiro atoms. The van der Waals surface area contributed by atoms with E-state index in [0.717, 1.165) is 17.9 Å². The van der Waals surface area contributed by atoms with Crippen molar-refractivity contribution in [2.24, 2.45) is 0 Å². The molecule has 112 valence electrons. The minimum Gasteiger partial charge on any atom is -0.260 e. The first-order valence-electron chi connectivity index (χ1n) is 7.61. The van der Waals surface area contributed by atoms with E-state index in [1.54, 1.807) is 11.3 Å². The van der Waals surface area contributed by atoms with Crippen LogP contribution in [-0.4, -0.2) is 9.78 Å². The van der Waals surface area contributed by atoms with Gasteiger partial charge in [0.25, 0.3) is 0 Å². The number of rotatable bonds is 4. The zero-order valence-electron chi connectivity index (χ0n) is 12.6. The largest absolute Gasteiger partial charge is 0.260 e. The van der Waals surface area contributed by atoms with Crippen LogP contribution in [0.1, 0.15) is 5.56 Å². The first kappa shape index (κ1) is 14.0. The average molecular weight is 316 g/mol. The lowest BCUT2D eigenvalue weighted by atomic mass is 10.1. The molecule has 4 aromatic rings. The van der Waals surface area contributed by atoms with Crippen molar-refractivity contribution in [2.45, 2.75) is 6.54 Å². The lowest BCUT2D eigenvalue weighted by molar-refractivity contribution is 0.697. The van der Waals surface area contributed by atoms with Crippen molar-refractivity contribution in [3.05, 3.63) is 89.8 Å². The molecule has 2 aromatic heterocycles. The highest BCUT2D eigenvalue weighted by Gasteiger charge is 2.12. The van der Waals surface area contributed by atoms with Crippen LogP contribution in [0.2, 0.25) is 0 Å². The van der Waals surface area contributed by atoms with Crippen LogP contribution in [-0.2, 0) is 6.54 Å². The van der Waals surface area contributed by atoms with Crippen LogP contribution in [0.4, 0.5) is 0 Å². The van der Waals surface area contributed by atoms with E-state index < -0.39 is 0 Å². The van der Waals surface area contributed by atoms with Crippen LogP contribution in [0.15, 0.2) is 84.2 Å². The molecule has 0 radical (unpaired) electrons. The van der Waals surface area contributed by atoms with Crippen LogP contribution in [0.25, 0.3) is 21.8 Å². The van der Waals surface area contributed by atoms with E-state index in [1.165, 1.54) is 16.0 Å². The zero-order valence-corrected chi connectivity index (χ0v) is 13.4. The average Bonchev–Trinajstić information content (AvgIpc) is 3.26. The molecule has 4 rings (SSSR count). The van der Waals surface area contributed by atoms with Gasteiger partial charge in [0.15, 0.2) is 0 Å². The van der Waals surface area contributed by atoms with E-state index in [9.17, 15) is 0 Å². The molecule has 0 fully saturated rings. The summed E-state index contributed by atoms with van der Waals surface area (Å²) in [6.45, 7) is 0.774. The Labute approximate surface area is 139 Å². The summed E-state index contributed by atoms with van der Waals surface area (Å²) in [6.07, 6.45) is 0. The first-order valence-corrected chi connectivity index (χ1v) is 8.49. The van der Waals surface area contributed by atoms with Gasteiger partial charge in [0, 0.05) is 0 Å². The van der Waals surface area contributed by atoms with Crippen LogP contribution in [0, 0.1) is 0 Å². The Morgan fingerprint density at radius 2 is 1.57 bits per heavy atom. The van der Waals surface area contributed by atoms with Crippen molar-refractivity contribution in [3.63, 3.8) is 0 Å². The Hall–Kier alpha value is -2.65. The van der Waals surface area contributed by atoms with E-state index in [1.807, 2.05) is 12.1 Å². The van der Waals surface area contributed by atoms with E-state index in [4.69, 9.17) is 5.10 Å². The fourth-order valence-corrected chi connectivity index (χ4v) is 3.36. The Morgan fingerprint density at radius 3 is 2.26 bits per heavy atom. The molecule has 0 amide bonds. The molecule has 2 nitrogen and oxygen atoms in total. The molecule has 2 heterocycles. The molecule has 0 aliphatic rings. The number of hydrogen-bond donors (Lipinski definition) is 0. The molecular weight excluding hydrogens is 300 g/mol. The highest BCUT2D eigenvalue weighted by Crippen LogP contribution is 2.29. The number of hydrogen-bond acceptors (Lipinski definition) is 2. The fourth-order valence-electron chi connectivity index (χ4n) is 2.68.